The number of amidine groups is 1. The van der Waals surface area contributed by atoms with E-state index in [1.54, 1.807) is 13.0 Å². The van der Waals surface area contributed by atoms with E-state index in [1.165, 1.54) is 0 Å². The Balaban J connectivity index is 2.75. The molecular formula is C18H19F6N5. The third-order valence-electron chi connectivity index (χ3n) is 3.99. The second kappa shape index (κ2) is 7.88. The number of nitrogen functional groups attached to an aromatic ring is 1. The van der Waals surface area contributed by atoms with Crippen LogP contribution in [0.1, 0.15) is 47.1 Å². The van der Waals surface area contributed by atoms with E-state index in [0.29, 0.717) is 17.7 Å². The molecule has 29 heavy (non-hydrogen) atoms. The zero-order chi connectivity index (χ0) is 22.1. The molecule has 0 bridgehead atoms. The third-order valence-corrected chi connectivity index (χ3v) is 3.99. The number of anilines is 1. The van der Waals surface area contributed by atoms with Gasteiger partial charge in [0.25, 0.3) is 0 Å². The molecule has 5 nitrogen and oxygen atoms in total. The zero-order valence-electron chi connectivity index (χ0n) is 15.8. The Morgan fingerprint density at radius 2 is 1.66 bits per heavy atom. The van der Waals surface area contributed by atoms with Crippen molar-refractivity contribution in [3.05, 3.63) is 45.9 Å². The number of benzene rings is 1. The van der Waals surface area contributed by atoms with Gasteiger partial charge >= 0.3 is 12.4 Å². The fraction of sp³-hybridized carbons (Fsp3) is 0.389. The monoisotopic (exact) mass is 419 g/mol. The molecule has 0 saturated carbocycles. The molecule has 0 fully saturated rings. The molecule has 1 heterocycles. The highest BCUT2D eigenvalue weighted by Crippen LogP contribution is 2.36. The molecule has 1 aromatic heterocycles. The van der Waals surface area contributed by atoms with Gasteiger partial charge in [-0.1, -0.05) is 31.0 Å². The first kappa shape index (κ1) is 22.4. The second-order valence-corrected chi connectivity index (χ2v) is 6.49. The molecule has 0 spiro atoms. The van der Waals surface area contributed by atoms with Gasteiger partial charge in [-0.3, -0.25) is 0 Å². The van der Waals surface area contributed by atoms with Crippen LogP contribution in [-0.2, 0) is 18.8 Å². The van der Waals surface area contributed by atoms with E-state index in [0.717, 1.165) is 17.5 Å². The highest BCUT2D eigenvalue weighted by molar-refractivity contribution is 6.04. The van der Waals surface area contributed by atoms with Crippen LogP contribution in [0, 0.1) is 13.8 Å². The quantitative estimate of drug-likeness (QED) is 0.427. The maximum absolute atomic E-state index is 13.4. The number of nitrogens with two attached hydrogens (primary N) is 2. The van der Waals surface area contributed by atoms with E-state index in [4.69, 9.17) is 11.5 Å². The summed E-state index contributed by atoms with van der Waals surface area (Å²) in [6.45, 7) is 5.47. The number of nitrogens with zero attached hydrogens (tertiary/aromatic N) is 3. The van der Waals surface area contributed by atoms with Crippen LogP contribution < -0.4 is 11.5 Å². The molecule has 0 aliphatic heterocycles. The van der Waals surface area contributed by atoms with Crippen molar-refractivity contribution in [3.8, 4) is 0 Å². The standard InChI is InChI=1S/C18H19F6N5/c1-4-5-10-7-8(2)6-9(3)12(10)27-14(25)11-13(17(19,20)21)28-16(18(22,23)24)29-15(11)26/h6-7H,4-5H2,1-3H3,(H2,25,27)(H2,26,28,29). The average molecular weight is 419 g/mol. The highest BCUT2D eigenvalue weighted by Gasteiger charge is 2.43. The summed E-state index contributed by atoms with van der Waals surface area (Å²) in [4.78, 5) is 9.66. The average Bonchev–Trinajstić information content (AvgIpc) is 2.55. The minimum atomic E-state index is -5.25. The summed E-state index contributed by atoms with van der Waals surface area (Å²) in [7, 11) is 0. The SMILES string of the molecule is CCCc1cc(C)cc(C)c1N=C(N)c1c(N)nc(C(F)(F)F)nc1C(F)(F)F. The van der Waals surface area contributed by atoms with Crippen molar-refractivity contribution in [1.29, 1.82) is 0 Å². The molecule has 0 atom stereocenters. The van der Waals surface area contributed by atoms with Crippen molar-refractivity contribution in [3.63, 3.8) is 0 Å². The molecule has 2 rings (SSSR count). The van der Waals surface area contributed by atoms with Gasteiger partial charge in [0.2, 0.25) is 5.82 Å². The molecule has 11 heteroatoms. The molecule has 4 N–H and O–H groups in total. The molecule has 0 amide bonds. The number of aliphatic imine (C=N–C) groups is 1. The maximum Gasteiger partial charge on any atom is 0.451 e. The summed E-state index contributed by atoms with van der Waals surface area (Å²) in [6, 6.07) is 3.59. The van der Waals surface area contributed by atoms with Gasteiger partial charge in [0, 0.05) is 0 Å². The molecule has 0 aliphatic carbocycles. The van der Waals surface area contributed by atoms with Crippen LogP contribution in [0.4, 0.5) is 37.8 Å². The molecule has 158 valence electrons. The lowest BCUT2D eigenvalue weighted by molar-refractivity contribution is -0.152. The van der Waals surface area contributed by atoms with E-state index in [9.17, 15) is 26.3 Å². The number of hydrogen-bond acceptors (Lipinski definition) is 4. The van der Waals surface area contributed by atoms with Gasteiger partial charge in [-0.2, -0.15) is 26.3 Å². The number of hydrogen-bond donors (Lipinski definition) is 2. The van der Waals surface area contributed by atoms with Gasteiger partial charge in [-0.15, -0.1) is 0 Å². The van der Waals surface area contributed by atoms with Crippen LogP contribution in [0.2, 0.25) is 0 Å². The first-order valence-corrected chi connectivity index (χ1v) is 8.52. The maximum atomic E-state index is 13.4. The Morgan fingerprint density at radius 3 is 2.17 bits per heavy atom. The summed E-state index contributed by atoms with van der Waals surface area (Å²) in [5.74, 6) is -3.77. The van der Waals surface area contributed by atoms with Crippen LogP contribution in [-0.4, -0.2) is 15.8 Å². The fourth-order valence-electron chi connectivity index (χ4n) is 2.91. The summed E-state index contributed by atoms with van der Waals surface area (Å²) >= 11 is 0. The van der Waals surface area contributed by atoms with Crippen molar-refractivity contribution in [1.82, 2.24) is 9.97 Å². The first-order valence-electron chi connectivity index (χ1n) is 8.52. The van der Waals surface area contributed by atoms with Gasteiger partial charge in [0.15, 0.2) is 5.69 Å². The topological polar surface area (TPSA) is 90.2 Å². The highest BCUT2D eigenvalue weighted by atomic mass is 19.4. The zero-order valence-corrected chi connectivity index (χ0v) is 15.8. The largest absolute Gasteiger partial charge is 0.451 e. The molecule has 1 aromatic carbocycles. The number of rotatable bonds is 4. The fourth-order valence-corrected chi connectivity index (χ4v) is 2.91. The van der Waals surface area contributed by atoms with Crippen LogP contribution in [0.5, 0.6) is 0 Å². The van der Waals surface area contributed by atoms with Crippen LogP contribution >= 0.6 is 0 Å². The van der Waals surface area contributed by atoms with Gasteiger partial charge in [0.05, 0.1) is 11.3 Å². The molecule has 0 radical (unpaired) electrons. The normalized spacial score (nSPS) is 13.1. The van der Waals surface area contributed by atoms with Crippen LogP contribution in [0.25, 0.3) is 0 Å². The summed E-state index contributed by atoms with van der Waals surface area (Å²) in [5.41, 5.74) is 11.0. The molecule has 0 unspecified atom stereocenters. The van der Waals surface area contributed by atoms with E-state index >= 15 is 0 Å². The van der Waals surface area contributed by atoms with Crippen molar-refractivity contribution in [2.75, 3.05) is 5.73 Å². The summed E-state index contributed by atoms with van der Waals surface area (Å²) in [5, 5.41) is 0. The lowest BCUT2D eigenvalue weighted by Crippen LogP contribution is -2.27. The van der Waals surface area contributed by atoms with Crippen molar-refractivity contribution >= 4 is 17.3 Å². The smallest absolute Gasteiger partial charge is 0.383 e. The minimum Gasteiger partial charge on any atom is -0.383 e. The predicted molar refractivity (Wildman–Crippen MR) is 96.7 cm³/mol. The Labute approximate surface area is 162 Å². The van der Waals surface area contributed by atoms with Gasteiger partial charge in [-0.25, -0.2) is 15.0 Å². The lowest BCUT2D eigenvalue weighted by atomic mass is 10.0. The second-order valence-electron chi connectivity index (χ2n) is 6.49. The Morgan fingerprint density at radius 1 is 1.03 bits per heavy atom. The summed E-state index contributed by atoms with van der Waals surface area (Å²) in [6.07, 6.45) is -9.13. The molecule has 0 saturated heterocycles. The minimum absolute atomic E-state index is 0.336. The molecule has 2 aromatic rings. The first-order chi connectivity index (χ1) is 13.3. The van der Waals surface area contributed by atoms with E-state index in [2.05, 4.69) is 15.0 Å². The van der Waals surface area contributed by atoms with E-state index < -0.39 is 41.1 Å². The van der Waals surface area contributed by atoms with Crippen molar-refractivity contribution in [2.45, 2.75) is 46.0 Å². The number of aromatic nitrogens is 2. The Hall–Kier alpha value is -2.85. The van der Waals surface area contributed by atoms with Gasteiger partial charge in [-0.05, 0) is 31.4 Å². The molecular weight excluding hydrogens is 400 g/mol. The third kappa shape index (κ3) is 4.96. The lowest BCUT2D eigenvalue weighted by Gasteiger charge is -2.16. The Kier molecular flexibility index (Phi) is 6.10. The molecule has 0 aliphatic rings. The van der Waals surface area contributed by atoms with Crippen molar-refractivity contribution < 1.29 is 26.3 Å². The predicted octanol–water partition coefficient (Wildman–Crippen LogP) is 4.70. The Bertz CT molecular complexity index is 947. The van der Waals surface area contributed by atoms with E-state index in [1.807, 2.05) is 19.9 Å². The number of aryl methyl sites for hydroxylation is 3. The van der Waals surface area contributed by atoms with Crippen LogP contribution in [0.15, 0.2) is 17.1 Å². The van der Waals surface area contributed by atoms with Crippen LogP contribution in [0.3, 0.4) is 0 Å². The van der Waals surface area contributed by atoms with Crippen molar-refractivity contribution in [2.24, 2.45) is 10.7 Å². The van der Waals surface area contributed by atoms with E-state index in [-0.39, 0.29) is 0 Å². The van der Waals surface area contributed by atoms with Gasteiger partial charge in [0.1, 0.15) is 11.7 Å². The number of alkyl halides is 6. The number of halogens is 6. The van der Waals surface area contributed by atoms with Gasteiger partial charge < -0.3 is 11.5 Å². The summed E-state index contributed by atoms with van der Waals surface area (Å²) < 4.78 is 78.7.